The largest absolute Gasteiger partial charge is 0.481 e. The number of carbonyl (C=O) groups is 1. The number of methoxy groups -OCH3 is 1. The lowest BCUT2D eigenvalue weighted by molar-refractivity contribution is 0.111. The van der Waals surface area contributed by atoms with Crippen molar-refractivity contribution in [2.45, 2.75) is 13.0 Å². The molecule has 4 heterocycles. The molecule has 0 bridgehead atoms. The van der Waals surface area contributed by atoms with Crippen LogP contribution in [0.1, 0.15) is 33.0 Å². The van der Waals surface area contributed by atoms with Gasteiger partial charge in [0, 0.05) is 48.6 Å². The number of hydrogen-bond acceptors (Lipinski definition) is 7. The molecule has 35 heavy (non-hydrogen) atoms. The Morgan fingerprint density at radius 1 is 1.09 bits per heavy atom. The number of pyridine rings is 2. The summed E-state index contributed by atoms with van der Waals surface area (Å²) in [4.78, 5) is 21.2. The summed E-state index contributed by atoms with van der Waals surface area (Å²) in [5, 5.41) is 15.5. The molecule has 5 rings (SSSR count). The molecule has 0 saturated carbocycles. The zero-order chi connectivity index (χ0) is 24.4. The molecule has 0 unspecified atom stereocenters. The first-order chi connectivity index (χ1) is 17.1. The van der Waals surface area contributed by atoms with Crippen LogP contribution in [-0.4, -0.2) is 56.4 Å². The number of aldehydes is 1. The molecule has 0 aliphatic rings. The maximum absolute atomic E-state index is 12.0. The number of hydrazone groups is 1. The zero-order valence-corrected chi connectivity index (χ0v) is 19.8. The van der Waals surface area contributed by atoms with Gasteiger partial charge in [0.25, 0.3) is 0 Å². The Labute approximate surface area is 202 Å². The van der Waals surface area contributed by atoms with E-state index in [2.05, 4.69) is 26.3 Å². The second-order valence-corrected chi connectivity index (χ2v) is 8.31. The summed E-state index contributed by atoms with van der Waals surface area (Å²) in [6, 6.07) is 15.6. The van der Waals surface area contributed by atoms with Gasteiger partial charge in [0.05, 0.1) is 43.0 Å². The zero-order valence-electron chi connectivity index (χ0n) is 19.8. The van der Waals surface area contributed by atoms with Gasteiger partial charge in [0.15, 0.2) is 6.29 Å². The van der Waals surface area contributed by atoms with Crippen molar-refractivity contribution in [3.05, 3.63) is 82.9 Å². The van der Waals surface area contributed by atoms with E-state index in [-0.39, 0.29) is 0 Å². The van der Waals surface area contributed by atoms with Gasteiger partial charge in [-0.2, -0.15) is 10.2 Å². The van der Waals surface area contributed by atoms with Gasteiger partial charge in [-0.15, -0.1) is 0 Å². The van der Waals surface area contributed by atoms with Gasteiger partial charge in [-0.1, -0.05) is 18.2 Å². The Bertz CT molecular complexity index is 1550. The van der Waals surface area contributed by atoms with Crippen LogP contribution < -0.4 is 4.74 Å². The third-order valence-electron chi connectivity index (χ3n) is 6.00. The van der Waals surface area contributed by atoms with Crippen molar-refractivity contribution in [3.8, 4) is 5.88 Å². The molecule has 0 radical (unpaired) electrons. The number of fused-ring (bicyclic) bond motifs is 2. The van der Waals surface area contributed by atoms with Gasteiger partial charge < -0.3 is 9.30 Å². The van der Waals surface area contributed by atoms with Crippen molar-refractivity contribution < 1.29 is 9.53 Å². The molecule has 5 aromatic rings. The topological polar surface area (TPSA) is 101 Å². The van der Waals surface area contributed by atoms with Gasteiger partial charge in [0.1, 0.15) is 5.65 Å². The molecular formula is C26H25N7O2. The van der Waals surface area contributed by atoms with Crippen LogP contribution in [0.3, 0.4) is 0 Å². The van der Waals surface area contributed by atoms with Crippen molar-refractivity contribution >= 4 is 34.4 Å². The van der Waals surface area contributed by atoms with E-state index in [4.69, 9.17) is 9.72 Å². The van der Waals surface area contributed by atoms with Gasteiger partial charge in [-0.3, -0.25) is 14.9 Å². The van der Waals surface area contributed by atoms with Crippen molar-refractivity contribution in [1.82, 2.24) is 29.7 Å². The third-order valence-corrected chi connectivity index (χ3v) is 6.00. The SMILES string of the molecule is COc1cccc(Cc2ccc3c(/C=N\N(C)Cc4cccc5[nH]ncc45)c(C=O)n(C)c3n2)n1. The minimum absolute atomic E-state index is 0.526. The quantitative estimate of drug-likeness (QED) is 0.212. The van der Waals surface area contributed by atoms with Crippen LogP contribution >= 0.6 is 0 Å². The van der Waals surface area contributed by atoms with Crippen LogP contribution in [-0.2, 0) is 20.0 Å². The van der Waals surface area contributed by atoms with Crippen LogP contribution in [0.4, 0.5) is 0 Å². The molecule has 0 amide bonds. The molecule has 0 aliphatic carbocycles. The van der Waals surface area contributed by atoms with E-state index in [1.54, 1.807) is 17.9 Å². The second-order valence-electron chi connectivity index (χ2n) is 8.31. The number of nitrogens with one attached hydrogen (secondary N) is 1. The highest BCUT2D eigenvalue weighted by Crippen LogP contribution is 2.24. The molecule has 1 aromatic carbocycles. The summed E-state index contributed by atoms with van der Waals surface area (Å²) in [5.41, 5.74) is 5.80. The smallest absolute Gasteiger partial charge is 0.213 e. The number of aromatic amines is 1. The fraction of sp³-hybridized carbons (Fsp3) is 0.192. The van der Waals surface area contributed by atoms with E-state index in [9.17, 15) is 4.79 Å². The van der Waals surface area contributed by atoms with Crippen molar-refractivity contribution in [2.24, 2.45) is 12.1 Å². The fourth-order valence-corrected chi connectivity index (χ4v) is 4.23. The molecule has 4 aromatic heterocycles. The van der Waals surface area contributed by atoms with Gasteiger partial charge >= 0.3 is 0 Å². The number of carbonyl (C=O) groups excluding carboxylic acids is 1. The summed E-state index contributed by atoms with van der Waals surface area (Å²) >= 11 is 0. The first-order valence-electron chi connectivity index (χ1n) is 11.2. The van der Waals surface area contributed by atoms with Crippen LogP contribution in [0.15, 0.2) is 59.8 Å². The lowest BCUT2D eigenvalue weighted by Crippen LogP contribution is -2.11. The van der Waals surface area contributed by atoms with Gasteiger partial charge in [-0.05, 0) is 29.8 Å². The number of ether oxygens (including phenoxy) is 1. The Kier molecular flexibility index (Phi) is 5.97. The first kappa shape index (κ1) is 22.3. The summed E-state index contributed by atoms with van der Waals surface area (Å²) in [6.07, 6.45) is 4.95. The lowest BCUT2D eigenvalue weighted by atomic mass is 10.1. The Morgan fingerprint density at radius 3 is 2.74 bits per heavy atom. The lowest BCUT2D eigenvalue weighted by Gasteiger charge is -2.13. The molecule has 0 spiro atoms. The Hall–Kier alpha value is -4.53. The normalized spacial score (nSPS) is 11.5. The molecule has 1 N–H and O–H groups in total. The standard InChI is InChI=1S/C26H25N7O2/c1-32(15-17-6-4-8-23-21(17)13-27-31-23)28-14-22-20-11-10-19(30-26(20)33(2)24(22)16-34)12-18-7-5-9-25(29-18)35-3/h4-11,13-14,16H,12,15H2,1-3H3,(H,27,31)/b28-14-. The number of aryl methyl sites for hydroxylation is 1. The average Bonchev–Trinajstić information content (AvgIpc) is 3.46. The van der Waals surface area contributed by atoms with Crippen LogP contribution in [0.2, 0.25) is 0 Å². The Morgan fingerprint density at radius 2 is 1.91 bits per heavy atom. The van der Waals surface area contributed by atoms with E-state index in [0.717, 1.165) is 50.7 Å². The number of rotatable bonds is 8. The predicted molar refractivity (Wildman–Crippen MR) is 135 cm³/mol. The number of benzene rings is 1. The van der Waals surface area contributed by atoms with Crippen molar-refractivity contribution in [3.63, 3.8) is 0 Å². The van der Waals surface area contributed by atoms with E-state index < -0.39 is 0 Å². The summed E-state index contributed by atoms with van der Waals surface area (Å²) in [5.74, 6) is 0.567. The van der Waals surface area contributed by atoms with Crippen LogP contribution in [0, 0.1) is 0 Å². The molecule has 9 nitrogen and oxygen atoms in total. The first-order valence-corrected chi connectivity index (χ1v) is 11.2. The number of nitrogens with zero attached hydrogens (tertiary/aromatic N) is 6. The number of aromatic nitrogens is 5. The Balaban J connectivity index is 1.42. The van der Waals surface area contributed by atoms with Gasteiger partial charge in [0.2, 0.25) is 5.88 Å². The third kappa shape index (κ3) is 4.35. The second kappa shape index (κ2) is 9.38. The van der Waals surface area contributed by atoms with E-state index >= 15 is 0 Å². The minimum Gasteiger partial charge on any atom is -0.481 e. The molecule has 0 saturated heterocycles. The van der Waals surface area contributed by atoms with Crippen molar-refractivity contribution in [2.75, 3.05) is 14.2 Å². The highest BCUT2D eigenvalue weighted by molar-refractivity contribution is 6.05. The maximum Gasteiger partial charge on any atom is 0.213 e. The van der Waals surface area contributed by atoms with Crippen LogP contribution in [0.5, 0.6) is 5.88 Å². The van der Waals surface area contributed by atoms with E-state index in [1.807, 2.05) is 67.8 Å². The molecule has 0 aliphatic heterocycles. The summed E-state index contributed by atoms with van der Waals surface area (Å²) in [7, 11) is 5.34. The molecule has 176 valence electrons. The van der Waals surface area contributed by atoms with E-state index in [1.165, 1.54) is 0 Å². The number of H-pyrrole nitrogens is 1. The summed E-state index contributed by atoms with van der Waals surface area (Å²) < 4.78 is 7.02. The molecule has 0 atom stereocenters. The minimum atomic E-state index is 0.526. The fourth-order valence-electron chi connectivity index (χ4n) is 4.23. The van der Waals surface area contributed by atoms with Gasteiger partial charge in [-0.25, -0.2) is 9.97 Å². The monoisotopic (exact) mass is 467 g/mol. The van der Waals surface area contributed by atoms with Crippen LogP contribution in [0.25, 0.3) is 21.9 Å². The average molecular weight is 468 g/mol. The molecular weight excluding hydrogens is 442 g/mol. The number of hydrogen-bond donors (Lipinski definition) is 1. The molecule has 0 fully saturated rings. The molecule has 9 heteroatoms. The van der Waals surface area contributed by atoms with Crippen molar-refractivity contribution in [1.29, 1.82) is 0 Å². The maximum atomic E-state index is 12.0. The van der Waals surface area contributed by atoms with E-state index in [0.29, 0.717) is 24.5 Å². The highest BCUT2D eigenvalue weighted by Gasteiger charge is 2.16. The highest BCUT2D eigenvalue weighted by atomic mass is 16.5. The predicted octanol–water partition coefficient (Wildman–Crippen LogP) is 3.72. The summed E-state index contributed by atoms with van der Waals surface area (Å²) in [6.45, 7) is 0.602.